The summed E-state index contributed by atoms with van der Waals surface area (Å²) in [6.45, 7) is 1.11. The largest absolute Gasteiger partial charge is 0.497 e. The second-order valence-corrected chi connectivity index (χ2v) is 7.51. The molecule has 4 rings (SSSR count). The van der Waals surface area contributed by atoms with Gasteiger partial charge in [-0.25, -0.2) is 4.98 Å². The van der Waals surface area contributed by atoms with Crippen molar-refractivity contribution >= 4 is 23.4 Å². The molecule has 0 saturated carbocycles. The summed E-state index contributed by atoms with van der Waals surface area (Å²) in [7, 11) is 1.60. The van der Waals surface area contributed by atoms with Gasteiger partial charge in [0.1, 0.15) is 18.1 Å². The lowest BCUT2D eigenvalue weighted by Gasteiger charge is -2.12. The molecule has 0 saturated heterocycles. The fraction of sp³-hybridized carbons (Fsp3) is 0.182. The quantitative estimate of drug-likeness (QED) is 0.364. The maximum atomic E-state index is 12.4. The van der Waals surface area contributed by atoms with Crippen molar-refractivity contribution < 1.29 is 18.7 Å². The molecule has 1 amide bonds. The fourth-order valence-corrected chi connectivity index (χ4v) is 3.37. The Balaban J connectivity index is 1.29. The second-order valence-electron chi connectivity index (χ2n) is 6.58. The molecule has 1 N–H and O–H groups in total. The number of nitrogens with one attached hydrogen (secondary N) is 1. The zero-order chi connectivity index (χ0) is 22.2. The first-order valence-corrected chi connectivity index (χ1v) is 10.8. The number of ether oxygens (including phenoxy) is 2. The van der Waals surface area contributed by atoms with Crippen molar-refractivity contribution in [1.82, 2.24) is 19.7 Å². The molecule has 0 aliphatic rings. The predicted octanol–water partition coefficient (Wildman–Crippen LogP) is 3.75. The number of thioether (sulfide) groups is 1. The Hall–Kier alpha value is -3.79. The summed E-state index contributed by atoms with van der Waals surface area (Å²) in [5.41, 5.74) is 1.38. The molecule has 10 heteroatoms. The molecule has 0 atom stereocenters. The summed E-state index contributed by atoms with van der Waals surface area (Å²) >= 11 is 1.16. The molecule has 2 aromatic heterocycles. The van der Waals surface area contributed by atoms with Gasteiger partial charge in [0.2, 0.25) is 11.8 Å². The van der Waals surface area contributed by atoms with Gasteiger partial charge in [0.25, 0.3) is 5.22 Å². The van der Waals surface area contributed by atoms with Crippen molar-refractivity contribution in [3.8, 4) is 23.0 Å². The minimum atomic E-state index is -0.204. The van der Waals surface area contributed by atoms with Gasteiger partial charge in [-0.2, -0.15) is 0 Å². The van der Waals surface area contributed by atoms with Crippen LogP contribution in [0, 0.1) is 0 Å². The lowest BCUT2D eigenvalue weighted by atomic mass is 10.2. The number of para-hydroxylation sites is 2. The smallest absolute Gasteiger partial charge is 0.277 e. The Labute approximate surface area is 188 Å². The highest BCUT2D eigenvalue weighted by Gasteiger charge is 2.13. The van der Waals surface area contributed by atoms with Crippen LogP contribution in [0.5, 0.6) is 11.5 Å². The lowest BCUT2D eigenvalue weighted by molar-refractivity contribution is -0.113. The van der Waals surface area contributed by atoms with E-state index in [1.54, 1.807) is 25.7 Å². The van der Waals surface area contributed by atoms with E-state index in [2.05, 4.69) is 20.5 Å². The van der Waals surface area contributed by atoms with E-state index in [9.17, 15) is 4.79 Å². The van der Waals surface area contributed by atoms with Crippen LogP contribution in [0.25, 0.3) is 11.5 Å². The van der Waals surface area contributed by atoms with Crippen LogP contribution >= 0.6 is 11.8 Å². The first-order chi connectivity index (χ1) is 15.7. The Morgan fingerprint density at radius 2 is 2.00 bits per heavy atom. The summed E-state index contributed by atoms with van der Waals surface area (Å²) in [5, 5.41) is 11.2. The number of benzene rings is 2. The van der Waals surface area contributed by atoms with Crippen LogP contribution in [0.3, 0.4) is 0 Å². The van der Waals surface area contributed by atoms with E-state index < -0.39 is 0 Å². The summed E-state index contributed by atoms with van der Waals surface area (Å²) in [6, 6.07) is 14.6. The van der Waals surface area contributed by atoms with Gasteiger partial charge in [0, 0.05) is 18.0 Å². The van der Waals surface area contributed by atoms with Gasteiger partial charge >= 0.3 is 0 Å². The Kier molecular flexibility index (Phi) is 7.03. The van der Waals surface area contributed by atoms with Crippen molar-refractivity contribution in [3.05, 3.63) is 67.3 Å². The molecule has 9 nitrogen and oxygen atoms in total. The van der Waals surface area contributed by atoms with Crippen molar-refractivity contribution in [2.75, 3.05) is 24.8 Å². The maximum absolute atomic E-state index is 12.4. The van der Waals surface area contributed by atoms with Crippen molar-refractivity contribution in [3.63, 3.8) is 0 Å². The number of rotatable bonds is 10. The zero-order valence-corrected chi connectivity index (χ0v) is 18.1. The molecule has 164 valence electrons. The highest BCUT2D eigenvalue weighted by atomic mass is 32.2. The number of anilines is 1. The van der Waals surface area contributed by atoms with Gasteiger partial charge in [-0.1, -0.05) is 23.9 Å². The first kappa shape index (κ1) is 21.4. The number of aromatic nitrogens is 4. The topological polar surface area (TPSA) is 104 Å². The number of imidazole rings is 1. The van der Waals surface area contributed by atoms with Gasteiger partial charge in [-0.15, -0.1) is 10.2 Å². The molecule has 0 fully saturated rings. The van der Waals surface area contributed by atoms with E-state index in [1.807, 2.05) is 53.2 Å². The number of amides is 1. The monoisotopic (exact) mass is 451 g/mol. The lowest BCUT2D eigenvalue weighted by Crippen LogP contribution is -2.15. The SMILES string of the molecule is COc1ccc(-c2nnc(SCC(=O)Nc3ccccc3OCCn3ccnc3)o2)cc1. The van der Waals surface area contributed by atoms with Gasteiger partial charge < -0.3 is 23.8 Å². The average Bonchev–Trinajstić information content (AvgIpc) is 3.51. The minimum absolute atomic E-state index is 0.119. The van der Waals surface area contributed by atoms with Gasteiger partial charge in [-0.05, 0) is 36.4 Å². The first-order valence-electron chi connectivity index (χ1n) is 9.79. The third-order valence-corrected chi connectivity index (χ3v) is 5.22. The van der Waals surface area contributed by atoms with Crippen LogP contribution in [-0.2, 0) is 11.3 Å². The Bertz CT molecular complexity index is 1150. The number of hydrogen-bond acceptors (Lipinski definition) is 8. The molecule has 0 aliphatic carbocycles. The molecule has 2 heterocycles. The third kappa shape index (κ3) is 5.67. The van der Waals surface area contributed by atoms with Crippen LogP contribution < -0.4 is 14.8 Å². The molecular weight excluding hydrogens is 430 g/mol. The van der Waals surface area contributed by atoms with Crippen LogP contribution in [0.15, 0.2) is 76.9 Å². The third-order valence-electron chi connectivity index (χ3n) is 4.40. The predicted molar refractivity (Wildman–Crippen MR) is 120 cm³/mol. The van der Waals surface area contributed by atoms with E-state index in [-0.39, 0.29) is 11.7 Å². The van der Waals surface area contributed by atoms with E-state index in [0.29, 0.717) is 35.7 Å². The standard InChI is InChI=1S/C22H21N5O4S/c1-29-17-8-6-16(7-9-17)21-25-26-22(31-21)32-14-20(28)24-18-4-2-3-5-19(18)30-13-12-27-11-10-23-15-27/h2-11,15H,12-14H2,1H3,(H,24,28). The van der Waals surface area contributed by atoms with E-state index in [1.165, 1.54) is 0 Å². The van der Waals surface area contributed by atoms with Gasteiger partial charge in [0.15, 0.2) is 0 Å². The maximum Gasteiger partial charge on any atom is 0.277 e. The average molecular weight is 452 g/mol. The van der Waals surface area contributed by atoms with Gasteiger partial charge in [-0.3, -0.25) is 4.79 Å². The fourth-order valence-electron chi connectivity index (χ4n) is 2.81. The molecule has 0 unspecified atom stereocenters. The van der Waals surface area contributed by atoms with Crippen LogP contribution in [0.2, 0.25) is 0 Å². The molecule has 0 spiro atoms. The zero-order valence-electron chi connectivity index (χ0n) is 17.3. The van der Waals surface area contributed by atoms with Crippen LogP contribution in [0.4, 0.5) is 5.69 Å². The summed E-state index contributed by atoms with van der Waals surface area (Å²) in [4.78, 5) is 16.4. The summed E-state index contributed by atoms with van der Waals surface area (Å²) < 4.78 is 18.5. The second kappa shape index (κ2) is 10.5. The van der Waals surface area contributed by atoms with E-state index >= 15 is 0 Å². The number of hydrogen-bond donors (Lipinski definition) is 1. The minimum Gasteiger partial charge on any atom is -0.497 e. The number of carbonyl (C=O) groups is 1. The highest BCUT2D eigenvalue weighted by molar-refractivity contribution is 7.99. The molecular formula is C22H21N5O4S. The highest BCUT2D eigenvalue weighted by Crippen LogP contribution is 2.26. The molecule has 32 heavy (non-hydrogen) atoms. The summed E-state index contributed by atoms with van der Waals surface area (Å²) in [6.07, 6.45) is 5.31. The molecule has 4 aromatic rings. The van der Waals surface area contributed by atoms with Crippen LogP contribution in [0.1, 0.15) is 0 Å². The Morgan fingerprint density at radius 1 is 1.16 bits per heavy atom. The van der Waals surface area contributed by atoms with E-state index in [4.69, 9.17) is 13.9 Å². The van der Waals surface area contributed by atoms with Crippen molar-refractivity contribution in [2.45, 2.75) is 11.8 Å². The number of methoxy groups -OCH3 is 1. The Morgan fingerprint density at radius 3 is 2.78 bits per heavy atom. The van der Waals surface area contributed by atoms with Crippen LogP contribution in [-0.4, -0.2) is 45.1 Å². The number of nitrogens with zero attached hydrogens (tertiary/aromatic N) is 4. The molecule has 0 aliphatic heterocycles. The van der Waals surface area contributed by atoms with Crippen molar-refractivity contribution in [1.29, 1.82) is 0 Å². The number of carbonyl (C=O) groups excluding carboxylic acids is 1. The van der Waals surface area contributed by atoms with Gasteiger partial charge in [0.05, 0.1) is 31.4 Å². The van der Waals surface area contributed by atoms with Crippen molar-refractivity contribution in [2.24, 2.45) is 0 Å². The molecule has 0 bridgehead atoms. The molecule has 0 radical (unpaired) electrons. The van der Waals surface area contributed by atoms with E-state index in [0.717, 1.165) is 23.1 Å². The summed E-state index contributed by atoms with van der Waals surface area (Å²) in [5.74, 6) is 1.64. The molecule has 2 aromatic carbocycles. The normalized spacial score (nSPS) is 10.7.